The molecule has 0 aliphatic rings. The Balaban J connectivity index is 1.92. The number of sulfonamides is 1. The van der Waals surface area contributed by atoms with Crippen molar-refractivity contribution in [1.29, 1.82) is 0 Å². The van der Waals surface area contributed by atoms with Crippen LogP contribution in [0.4, 0.5) is 0 Å². The Bertz CT molecular complexity index is 775. The molecule has 124 valence electrons. The molecule has 0 saturated carbocycles. The number of carbonyl (C=O) groups is 1. The highest BCUT2D eigenvalue weighted by atomic mass is 32.2. The van der Waals surface area contributed by atoms with Gasteiger partial charge in [0.15, 0.2) is 0 Å². The standard InChI is InChI=1S/C16H19NO5S/c1-12-4-6-13(7-5-12)10-15(18)21-11-14-8-9-16(22-14)23(19,20)17(2)3/h4-9H,10-11H2,1-3H3. The molecule has 7 heteroatoms. The highest BCUT2D eigenvalue weighted by Crippen LogP contribution is 2.17. The molecule has 0 atom stereocenters. The van der Waals surface area contributed by atoms with Crippen molar-refractivity contribution in [2.75, 3.05) is 14.1 Å². The van der Waals surface area contributed by atoms with Gasteiger partial charge in [-0.1, -0.05) is 29.8 Å². The van der Waals surface area contributed by atoms with Gasteiger partial charge in [0.05, 0.1) is 6.42 Å². The fourth-order valence-corrected chi connectivity index (χ4v) is 2.64. The third-order valence-electron chi connectivity index (χ3n) is 3.22. The number of furan rings is 1. The van der Waals surface area contributed by atoms with E-state index < -0.39 is 16.0 Å². The van der Waals surface area contributed by atoms with Crippen molar-refractivity contribution in [3.05, 3.63) is 53.3 Å². The first-order chi connectivity index (χ1) is 10.8. The van der Waals surface area contributed by atoms with E-state index in [1.54, 1.807) is 0 Å². The molecule has 0 radical (unpaired) electrons. The lowest BCUT2D eigenvalue weighted by atomic mass is 10.1. The molecular formula is C16H19NO5S. The molecule has 0 spiro atoms. The number of rotatable bonds is 6. The van der Waals surface area contributed by atoms with Gasteiger partial charge in [0.2, 0.25) is 5.09 Å². The van der Waals surface area contributed by atoms with Crippen LogP contribution in [0.3, 0.4) is 0 Å². The molecule has 1 aromatic carbocycles. The van der Waals surface area contributed by atoms with E-state index in [2.05, 4.69) is 0 Å². The van der Waals surface area contributed by atoms with Crippen molar-refractivity contribution in [2.24, 2.45) is 0 Å². The van der Waals surface area contributed by atoms with Crippen LogP contribution in [0.1, 0.15) is 16.9 Å². The third kappa shape index (κ3) is 4.43. The van der Waals surface area contributed by atoms with E-state index >= 15 is 0 Å². The zero-order chi connectivity index (χ0) is 17.0. The van der Waals surface area contributed by atoms with E-state index in [4.69, 9.17) is 9.15 Å². The van der Waals surface area contributed by atoms with Gasteiger partial charge in [-0.2, -0.15) is 0 Å². The van der Waals surface area contributed by atoms with Crippen LogP contribution in [-0.2, 0) is 32.6 Å². The van der Waals surface area contributed by atoms with Crippen LogP contribution in [0.15, 0.2) is 45.9 Å². The molecule has 0 fully saturated rings. The molecule has 1 aromatic heterocycles. The van der Waals surface area contributed by atoms with Crippen LogP contribution >= 0.6 is 0 Å². The molecule has 0 bridgehead atoms. The summed E-state index contributed by atoms with van der Waals surface area (Å²) in [6.07, 6.45) is 0.157. The number of hydrogen-bond donors (Lipinski definition) is 0. The Morgan fingerprint density at radius 1 is 1.13 bits per heavy atom. The van der Waals surface area contributed by atoms with Crippen molar-refractivity contribution in [1.82, 2.24) is 4.31 Å². The first kappa shape index (κ1) is 17.2. The second-order valence-electron chi connectivity index (χ2n) is 5.33. The van der Waals surface area contributed by atoms with Gasteiger partial charge in [-0.25, -0.2) is 12.7 Å². The molecule has 0 aliphatic carbocycles. The quantitative estimate of drug-likeness (QED) is 0.755. The lowest BCUT2D eigenvalue weighted by Crippen LogP contribution is -2.21. The molecule has 0 amide bonds. The number of carbonyl (C=O) groups excluding carboxylic acids is 1. The predicted molar refractivity (Wildman–Crippen MR) is 84.3 cm³/mol. The fraction of sp³-hybridized carbons (Fsp3) is 0.312. The van der Waals surface area contributed by atoms with Gasteiger partial charge in [-0.05, 0) is 24.6 Å². The minimum absolute atomic E-state index is 0.104. The molecule has 1 heterocycles. The topological polar surface area (TPSA) is 76.8 Å². The minimum Gasteiger partial charge on any atom is -0.457 e. The summed E-state index contributed by atoms with van der Waals surface area (Å²) >= 11 is 0. The highest BCUT2D eigenvalue weighted by molar-refractivity contribution is 7.88. The van der Waals surface area contributed by atoms with Crippen molar-refractivity contribution >= 4 is 16.0 Å². The van der Waals surface area contributed by atoms with E-state index in [1.807, 2.05) is 31.2 Å². The summed E-state index contributed by atoms with van der Waals surface area (Å²) in [6, 6.07) is 10.4. The maximum atomic E-state index is 11.9. The summed E-state index contributed by atoms with van der Waals surface area (Å²) in [5, 5.41) is -0.174. The van der Waals surface area contributed by atoms with E-state index in [1.165, 1.54) is 26.2 Å². The Labute approximate surface area is 135 Å². The Hall–Kier alpha value is -2.12. The molecule has 0 saturated heterocycles. The van der Waals surface area contributed by atoms with Crippen molar-refractivity contribution in [2.45, 2.75) is 25.0 Å². The number of esters is 1. The van der Waals surface area contributed by atoms with Gasteiger partial charge in [0, 0.05) is 14.1 Å². The number of benzene rings is 1. The Kier molecular flexibility index (Phi) is 5.23. The summed E-state index contributed by atoms with van der Waals surface area (Å²) < 4.78 is 35.1. The molecule has 0 N–H and O–H groups in total. The second-order valence-corrected chi connectivity index (χ2v) is 7.41. The van der Waals surface area contributed by atoms with Crippen LogP contribution in [0.2, 0.25) is 0 Å². The third-order valence-corrected chi connectivity index (χ3v) is 4.91. The van der Waals surface area contributed by atoms with Crippen LogP contribution in [0, 0.1) is 6.92 Å². The lowest BCUT2D eigenvalue weighted by molar-refractivity contribution is -0.144. The second kappa shape index (κ2) is 6.97. The zero-order valence-corrected chi connectivity index (χ0v) is 14.1. The molecule has 6 nitrogen and oxygen atoms in total. The molecule has 2 aromatic rings. The van der Waals surface area contributed by atoms with E-state index in [-0.39, 0.29) is 23.9 Å². The molecular weight excluding hydrogens is 318 g/mol. The smallest absolute Gasteiger partial charge is 0.310 e. The van der Waals surface area contributed by atoms with Gasteiger partial charge in [-0.3, -0.25) is 4.79 Å². The largest absolute Gasteiger partial charge is 0.457 e. The normalized spacial score (nSPS) is 11.7. The van der Waals surface area contributed by atoms with Crippen LogP contribution < -0.4 is 0 Å². The maximum absolute atomic E-state index is 11.9. The predicted octanol–water partition coefficient (Wildman–Crippen LogP) is 2.12. The van der Waals surface area contributed by atoms with Gasteiger partial charge < -0.3 is 9.15 Å². The molecule has 0 aliphatic heterocycles. The van der Waals surface area contributed by atoms with Crippen LogP contribution in [-0.4, -0.2) is 32.8 Å². The summed E-state index contributed by atoms with van der Waals surface area (Å²) in [6.45, 7) is 1.87. The highest BCUT2D eigenvalue weighted by Gasteiger charge is 2.21. The van der Waals surface area contributed by atoms with Gasteiger partial charge >= 0.3 is 5.97 Å². The molecule has 23 heavy (non-hydrogen) atoms. The number of nitrogens with zero attached hydrogens (tertiary/aromatic N) is 1. The van der Waals surface area contributed by atoms with Gasteiger partial charge in [-0.15, -0.1) is 0 Å². The lowest BCUT2D eigenvalue weighted by Gasteiger charge is -2.08. The zero-order valence-electron chi connectivity index (χ0n) is 13.3. The number of aryl methyl sites for hydroxylation is 1. The van der Waals surface area contributed by atoms with E-state index in [9.17, 15) is 13.2 Å². The summed E-state index contributed by atoms with van der Waals surface area (Å²) in [7, 11) is -0.789. The fourth-order valence-electron chi connectivity index (χ4n) is 1.83. The monoisotopic (exact) mass is 337 g/mol. The van der Waals surface area contributed by atoms with Gasteiger partial charge in [0.25, 0.3) is 10.0 Å². The van der Waals surface area contributed by atoms with Gasteiger partial charge in [0.1, 0.15) is 12.4 Å². The van der Waals surface area contributed by atoms with E-state index in [0.29, 0.717) is 0 Å². The average molecular weight is 337 g/mol. The Morgan fingerprint density at radius 3 is 2.39 bits per heavy atom. The summed E-state index contributed by atoms with van der Waals surface area (Å²) in [5.41, 5.74) is 1.98. The van der Waals surface area contributed by atoms with Crippen LogP contribution in [0.5, 0.6) is 0 Å². The summed E-state index contributed by atoms with van der Waals surface area (Å²) in [5.74, 6) is -0.120. The first-order valence-electron chi connectivity index (χ1n) is 7.01. The number of ether oxygens (including phenoxy) is 1. The average Bonchev–Trinajstić information content (AvgIpc) is 2.97. The van der Waals surface area contributed by atoms with Crippen molar-refractivity contribution in [3.8, 4) is 0 Å². The van der Waals surface area contributed by atoms with Crippen LogP contribution in [0.25, 0.3) is 0 Å². The van der Waals surface area contributed by atoms with Crippen molar-refractivity contribution < 1.29 is 22.4 Å². The number of hydrogen-bond acceptors (Lipinski definition) is 5. The first-order valence-corrected chi connectivity index (χ1v) is 8.45. The maximum Gasteiger partial charge on any atom is 0.310 e. The minimum atomic E-state index is -3.62. The molecule has 2 rings (SSSR count). The molecule has 0 unspecified atom stereocenters. The van der Waals surface area contributed by atoms with E-state index in [0.717, 1.165) is 15.4 Å². The van der Waals surface area contributed by atoms with Crippen molar-refractivity contribution in [3.63, 3.8) is 0 Å². The SMILES string of the molecule is Cc1ccc(CC(=O)OCc2ccc(S(=O)(=O)N(C)C)o2)cc1. The summed E-state index contributed by atoms with van der Waals surface area (Å²) in [4.78, 5) is 11.8. The Morgan fingerprint density at radius 2 is 1.78 bits per heavy atom.